The molecule has 26 heavy (non-hydrogen) atoms. The van der Waals surface area contributed by atoms with E-state index >= 15 is 0 Å². The van der Waals surface area contributed by atoms with Crippen LogP contribution in [0.4, 0.5) is 5.69 Å². The Balaban J connectivity index is 1.39. The Morgan fingerprint density at radius 3 is 2.96 bits per heavy atom. The summed E-state index contributed by atoms with van der Waals surface area (Å²) in [6, 6.07) is 12.9. The average Bonchev–Trinajstić information content (AvgIpc) is 3.16. The van der Waals surface area contributed by atoms with Crippen LogP contribution in [0.1, 0.15) is 31.0 Å². The van der Waals surface area contributed by atoms with Crippen LogP contribution in [-0.4, -0.2) is 44.3 Å². The summed E-state index contributed by atoms with van der Waals surface area (Å²) in [4.78, 5) is 2.57. The van der Waals surface area contributed by atoms with Gasteiger partial charge in [0.2, 0.25) is 5.65 Å². The second-order valence-electron chi connectivity index (χ2n) is 7.11. The topological polar surface area (TPSA) is 58.3 Å². The van der Waals surface area contributed by atoms with E-state index < -0.39 is 0 Å². The van der Waals surface area contributed by atoms with Crippen molar-refractivity contribution in [2.75, 3.05) is 25.0 Å². The Kier molecular flexibility index (Phi) is 5.11. The molecular formula is C20H26N6. The highest BCUT2D eigenvalue weighted by molar-refractivity contribution is 5.66. The lowest BCUT2D eigenvalue weighted by atomic mass is 9.97. The molecule has 0 spiro atoms. The molecule has 0 aliphatic carbocycles. The SMILES string of the molecule is CCc1cc(NCC2CCCN(Cc3ccccc3)C2)c2nncn2n1. The highest BCUT2D eigenvalue weighted by Gasteiger charge is 2.20. The van der Waals surface area contributed by atoms with E-state index in [1.54, 1.807) is 10.8 Å². The maximum atomic E-state index is 4.51. The van der Waals surface area contributed by atoms with Gasteiger partial charge in [-0.1, -0.05) is 37.3 Å². The molecule has 3 aromatic rings. The molecule has 1 atom stereocenters. The smallest absolute Gasteiger partial charge is 0.200 e. The molecule has 1 aromatic carbocycles. The summed E-state index contributed by atoms with van der Waals surface area (Å²) in [5.74, 6) is 0.647. The third-order valence-electron chi connectivity index (χ3n) is 5.11. The number of nitrogens with one attached hydrogen (secondary N) is 1. The summed E-state index contributed by atoms with van der Waals surface area (Å²) in [7, 11) is 0. The van der Waals surface area contributed by atoms with Crippen molar-refractivity contribution in [1.29, 1.82) is 0 Å². The Bertz CT molecular complexity index is 844. The first-order valence-corrected chi connectivity index (χ1v) is 9.52. The largest absolute Gasteiger partial charge is 0.382 e. The zero-order chi connectivity index (χ0) is 17.8. The van der Waals surface area contributed by atoms with Crippen LogP contribution in [0.2, 0.25) is 0 Å². The van der Waals surface area contributed by atoms with Gasteiger partial charge in [-0.05, 0) is 43.4 Å². The van der Waals surface area contributed by atoms with E-state index in [2.05, 4.69) is 68.8 Å². The fraction of sp³-hybridized carbons (Fsp3) is 0.450. The minimum atomic E-state index is 0.647. The number of hydrogen-bond donors (Lipinski definition) is 1. The molecule has 1 aliphatic rings. The van der Waals surface area contributed by atoms with Crippen LogP contribution < -0.4 is 5.32 Å². The van der Waals surface area contributed by atoms with Gasteiger partial charge < -0.3 is 5.32 Å². The summed E-state index contributed by atoms with van der Waals surface area (Å²) in [6.45, 7) is 6.44. The van der Waals surface area contributed by atoms with Gasteiger partial charge in [0.15, 0.2) is 0 Å². The van der Waals surface area contributed by atoms with Crippen LogP contribution in [0.5, 0.6) is 0 Å². The molecule has 4 rings (SSSR count). The molecule has 1 fully saturated rings. The first-order valence-electron chi connectivity index (χ1n) is 9.52. The van der Waals surface area contributed by atoms with Crippen LogP contribution in [-0.2, 0) is 13.0 Å². The number of fused-ring (bicyclic) bond motifs is 1. The number of anilines is 1. The quantitative estimate of drug-likeness (QED) is 0.740. The molecule has 6 heteroatoms. The first-order chi connectivity index (χ1) is 12.8. The highest BCUT2D eigenvalue weighted by atomic mass is 15.3. The molecule has 1 N–H and O–H groups in total. The van der Waals surface area contributed by atoms with Gasteiger partial charge in [-0.25, -0.2) is 0 Å². The number of hydrogen-bond acceptors (Lipinski definition) is 5. The van der Waals surface area contributed by atoms with E-state index in [1.807, 2.05) is 0 Å². The zero-order valence-electron chi connectivity index (χ0n) is 15.3. The summed E-state index contributed by atoms with van der Waals surface area (Å²) < 4.78 is 1.77. The number of piperidine rings is 1. The summed E-state index contributed by atoms with van der Waals surface area (Å²) >= 11 is 0. The standard InChI is InChI=1S/C20H26N6/c1-2-18-11-19(20-23-22-15-26(20)24-18)21-12-17-9-6-10-25(14-17)13-16-7-4-3-5-8-16/h3-5,7-8,11,15,17,21H,2,6,9-10,12-14H2,1H3. The van der Waals surface area contributed by atoms with Gasteiger partial charge in [0.05, 0.1) is 11.4 Å². The zero-order valence-corrected chi connectivity index (χ0v) is 15.3. The number of likely N-dealkylation sites (tertiary alicyclic amines) is 1. The minimum absolute atomic E-state index is 0.647. The molecule has 2 aromatic heterocycles. The van der Waals surface area contributed by atoms with Crippen molar-refractivity contribution in [2.45, 2.75) is 32.7 Å². The van der Waals surface area contributed by atoms with Crippen molar-refractivity contribution in [2.24, 2.45) is 5.92 Å². The monoisotopic (exact) mass is 350 g/mol. The van der Waals surface area contributed by atoms with Crippen LogP contribution in [0.25, 0.3) is 5.65 Å². The summed E-state index contributed by atoms with van der Waals surface area (Å²) in [5, 5.41) is 16.3. The predicted molar refractivity (Wildman–Crippen MR) is 103 cm³/mol. The molecule has 1 unspecified atom stereocenters. The van der Waals surface area contributed by atoms with Gasteiger partial charge in [0, 0.05) is 19.6 Å². The lowest BCUT2D eigenvalue weighted by Crippen LogP contribution is -2.37. The Morgan fingerprint density at radius 1 is 1.23 bits per heavy atom. The molecule has 0 radical (unpaired) electrons. The van der Waals surface area contributed by atoms with Gasteiger partial charge in [-0.3, -0.25) is 4.90 Å². The third-order valence-corrected chi connectivity index (χ3v) is 5.11. The maximum Gasteiger partial charge on any atom is 0.200 e. The van der Waals surface area contributed by atoms with Crippen molar-refractivity contribution in [1.82, 2.24) is 24.7 Å². The van der Waals surface area contributed by atoms with Crippen molar-refractivity contribution >= 4 is 11.3 Å². The number of nitrogens with zero attached hydrogens (tertiary/aromatic N) is 5. The van der Waals surface area contributed by atoms with Crippen molar-refractivity contribution in [3.8, 4) is 0 Å². The third kappa shape index (κ3) is 3.85. The number of aryl methyl sites for hydroxylation is 1. The van der Waals surface area contributed by atoms with E-state index in [-0.39, 0.29) is 0 Å². The Labute approximate surface area is 154 Å². The molecule has 3 heterocycles. The fourth-order valence-corrected chi connectivity index (χ4v) is 3.74. The molecular weight excluding hydrogens is 324 g/mol. The first kappa shape index (κ1) is 17.0. The van der Waals surface area contributed by atoms with Crippen LogP contribution in [0.3, 0.4) is 0 Å². The molecule has 1 aliphatic heterocycles. The van der Waals surface area contributed by atoms with Gasteiger partial charge in [0.1, 0.15) is 6.33 Å². The van der Waals surface area contributed by atoms with Crippen molar-refractivity contribution in [3.05, 3.63) is 54.0 Å². The normalized spacial score (nSPS) is 18.3. The van der Waals surface area contributed by atoms with E-state index in [0.717, 1.165) is 43.1 Å². The van der Waals surface area contributed by atoms with E-state index in [0.29, 0.717) is 5.92 Å². The van der Waals surface area contributed by atoms with Gasteiger partial charge in [-0.15, -0.1) is 10.2 Å². The second-order valence-corrected chi connectivity index (χ2v) is 7.11. The minimum Gasteiger partial charge on any atom is -0.382 e. The lowest BCUT2D eigenvalue weighted by molar-refractivity contribution is 0.173. The second kappa shape index (κ2) is 7.83. The number of benzene rings is 1. The average molecular weight is 350 g/mol. The van der Waals surface area contributed by atoms with Crippen LogP contribution in [0, 0.1) is 5.92 Å². The van der Waals surface area contributed by atoms with Crippen LogP contribution >= 0.6 is 0 Å². The van der Waals surface area contributed by atoms with Gasteiger partial charge in [-0.2, -0.15) is 9.61 Å². The predicted octanol–water partition coefficient (Wildman–Crippen LogP) is 3.01. The van der Waals surface area contributed by atoms with E-state index in [4.69, 9.17) is 0 Å². The molecule has 6 nitrogen and oxygen atoms in total. The van der Waals surface area contributed by atoms with Crippen molar-refractivity contribution in [3.63, 3.8) is 0 Å². The fourth-order valence-electron chi connectivity index (χ4n) is 3.74. The summed E-state index contributed by atoms with van der Waals surface area (Å²) in [5.41, 5.74) is 4.29. The molecule has 0 saturated carbocycles. The van der Waals surface area contributed by atoms with Gasteiger partial charge in [0.25, 0.3) is 0 Å². The van der Waals surface area contributed by atoms with Gasteiger partial charge >= 0.3 is 0 Å². The maximum absolute atomic E-state index is 4.51. The molecule has 0 bridgehead atoms. The molecule has 0 amide bonds. The van der Waals surface area contributed by atoms with E-state index in [1.165, 1.54) is 24.9 Å². The number of aromatic nitrogens is 4. The van der Waals surface area contributed by atoms with Crippen molar-refractivity contribution < 1.29 is 0 Å². The highest BCUT2D eigenvalue weighted by Crippen LogP contribution is 2.21. The number of rotatable bonds is 6. The van der Waals surface area contributed by atoms with Crippen LogP contribution in [0.15, 0.2) is 42.7 Å². The molecule has 1 saturated heterocycles. The Hall–Kier alpha value is -2.47. The lowest BCUT2D eigenvalue weighted by Gasteiger charge is -2.33. The molecule has 136 valence electrons. The summed E-state index contributed by atoms with van der Waals surface area (Å²) in [6.07, 6.45) is 5.10. The Morgan fingerprint density at radius 2 is 2.12 bits per heavy atom. The van der Waals surface area contributed by atoms with E-state index in [9.17, 15) is 0 Å².